The van der Waals surface area contributed by atoms with E-state index in [0.29, 0.717) is 6.54 Å². The van der Waals surface area contributed by atoms with Gasteiger partial charge in [-0.25, -0.2) is 4.39 Å². The third kappa shape index (κ3) is 3.01. The Bertz CT molecular complexity index is 429. The Morgan fingerprint density at radius 2 is 2.41 bits per heavy atom. The highest BCUT2D eigenvalue weighted by Gasteiger charge is 2.35. The molecule has 1 aromatic rings. The van der Waals surface area contributed by atoms with Gasteiger partial charge in [-0.05, 0) is 27.6 Å². The Hall–Kier alpha value is -1.01. The van der Waals surface area contributed by atoms with Gasteiger partial charge in [0.05, 0.1) is 6.04 Å². The van der Waals surface area contributed by atoms with E-state index in [1.807, 2.05) is 6.07 Å². The lowest BCUT2D eigenvalue weighted by molar-refractivity contribution is -0.122. The smallest absolute Gasteiger partial charge is 0.234 e. The zero-order valence-electron chi connectivity index (χ0n) is 9.14. The number of aromatic nitrogens is 1. The molecule has 1 aromatic heterocycles. The van der Waals surface area contributed by atoms with E-state index in [1.54, 1.807) is 17.3 Å². The van der Waals surface area contributed by atoms with Gasteiger partial charge in [0.25, 0.3) is 0 Å². The van der Waals surface area contributed by atoms with Crippen LogP contribution in [0, 0.1) is 0 Å². The Kier molecular flexibility index (Phi) is 3.73. The molecule has 2 heterocycles. The van der Waals surface area contributed by atoms with Crippen LogP contribution in [0.25, 0.3) is 0 Å². The highest BCUT2D eigenvalue weighted by atomic mass is 79.9. The number of nitrogens with zero attached hydrogens (tertiary/aromatic N) is 2. The van der Waals surface area contributed by atoms with E-state index in [9.17, 15) is 9.18 Å². The molecule has 2 rings (SSSR count). The van der Waals surface area contributed by atoms with Crippen molar-refractivity contribution in [1.82, 2.24) is 9.88 Å². The van der Waals surface area contributed by atoms with E-state index in [4.69, 9.17) is 5.73 Å². The number of carbonyl (C=O) groups excluding carboxylic acids is 1. The number of primary amides is 1. The number of halogens is 2. The van der Waals surface area contributed by atoms with Gasteiger partial charge in [0.1, 0.15) is 6.17 Å². The topological polar surface area (TPSA) is 59.2 Å². The molecule has 2 N–H and O–H groups in total. The van der Waals surface area contributed by atoms with Crippen molar-refractivity contribution in [3.63, 3.8) is 0 Å². The van der Waals surface area contributed by atoms with E-state index in [-0.39, 0.29) is 13.0 Å². The highest BCUT2D eigenvalue weighted by Crippen LogP contribution is 2.23. The zero-order chi connectivity index (χ0) is 12.4. The quantitative estimate of drug-likeness (QED) is 0.914. The predicted octanol–water partition coefficient (Wildman–Crippen LogP) is 1.24. The lowest BCUT2D eigenvalue weighted by Gasteiger charge is -2.21. The molecule has 1 aliphatic heterocycles. The van der Waals surface area contributed by atoms with Crippen molar-refractivity contribution in [3.05, 3.63) is 28.5 Å². The molecule has 0 unspecified atom stereocenters. The first kappa shape index (κ1) is 12.4. The summed E-state index contributed by atoms with van der Waals surface area (Å²) in [6, 6.07) is 1.39. The number of alkyl halides is 1. The second-order valence-corrected chi connectivity index (χ2v) is 5.11. The van der Waals surface area contributed by atoms with Crippen LogP contribution in [0.4, 0.5) is 4.39 Å². The molecular formula is C11H13BrFN3O. The highest BCUT2D eigenvalue weighted by molar-refractivity contribution is 9.10. The molecule has 1 aliphatic rings. The van der Waals surface area contributed by atoms with Gasteiger partial charge >= 0.3 is 0 Å². The van der Waals surface area contributed by atoms with Gasteiger partial charge < -0.3 is 5.73 Å². The lowest BCUT2D eigenvalue weighted by atomic mass is 10.2. The van der Waals surface area contributed by atoms with Gasteiger partial charge in [-0.3, -0.25) is 14.7 Å². The summed E-state index contributed by atoms with van der Waals surface area (Å²) in [5.74, 6) is -0.465. The first-order chi connectivity index (χ1) is 8.06. The van der Waals surface area contributed by atoms with E-state index < -0.39 is 18.1 Å². The van der Waals surface area contributed by atoms with Crippen LogP contribution in [0.5, 0.6) is 0 Å². The molecule has 6 heteroatoms. The third-order valence-corrected chi connectivity index (χ3v) is 3.26. The maximum absolute atomic E-state index is 13.3. The summed E-state index contributed by atoms with van der Waals surface area (Å²) in [6.45, 7) is 0.737. The molecule has 4 nitrogen and oxygen atoms in total. The summed E-state index contributed by atoms with van der Waals surface area (Å²) in [7, 11) is 0. The van der Waals surface area contributed by atoms with Crippen LogP contribution in [-0.2, 0) is 11.3 Å². The Morgan fingerprint density at radius 3 is 3.06 bits per heavy atom. The van der Waals surface area contributed by atoms with Gasteiger partial charge in [0.15, 0.2) is 0 Å². The standard InChI is InChI=1S/C11H13BrFN3O/c12-8-1-7(3-15-4-8)5-16-6-9(13)2-10(16)11(14)17/h1,3-4,9-10H,2,5-6H2,(H2,14,17)/t9-,10+/m1/s1. The van der Waals surface area contributed by atoms with Crippen LogP contribution in [0.3, 0.4) is 0 Å². The Balaban J connectivity index is 2.09. The Labute approximate surface area is 107 Å². The molecule has 0 spiro atoms. The number of rotatable bonds is 3. The molecule has 1 amide bonds. The molecule has 0 radical (unpaired) electrons. The number of nitrogens with two attached hydrogens (primary N) is 1. The number of likely N-dealkylation sites (tertiary alicyclic amines) is 1. The minimum Gasteiger partial charge on any atom is -0.368 e. The van der Waals surface area contributed by atoms with Crippen LogP contribution in [-0.4, -0.2) is 34.5 Å². The van der Waals surface area contributed by atoms with Crippen molar-refractivity contribution in [1.29, 1.82) is 0 Å². The van der Waals surface area contributed by atoms with E-state index in [0.717, 1.165) is 10.0 Å². The minimum absolute atomic E-state index is 0.191. The first-order valence-electron chi connectivity index (χ1n) is 5.33. The largest absolute Gasteiger partial charge is 0.368 e. The summed E-state index contributed by atoms with van der Waals surface area (Å²) in [5.41, 5.74) is 6.19. The fourth-order valence-electron chi connectivity index (χ4n) is 2.10. The summed E-state index contributed by atoms with van der Waals surface area (Å²) in [5, 5.41) is 0. The molecular weight excluding hydrogens is 289 g/mol. The number of hydrogen-bond donors (Lipinski definition) is 1. The van der Waals surface area contributed by atoms with Crippen LogP contribution < -0.4 is 5.73 Å². The first-order valence-corrected chi connectivity index (χ1v) is 6.12. The van der Waals surface area contributed by atoms with E-state index in [2.05, 4.69) is 20.9 Å². The Morgan fingerprint density at radius 1 is 1.65 bits per heavy atom. The maximum Gasteiger partial charge on any atom is 0.234 e. The van der Waals surface area contributed by atoms with E-state index >= 15 is 0 Å². The summed E-state index contributed by atoms with van der Waals surface area (Å²) < 4.78 is 14.2. The summed E-state index contributed by atoms with van der Waals surface area (Å²) in [6.07, 6.45) is 2.59. The number of pyridine rings is 1. The molecule has 1 fully saturated rings. The van der Waals surface area contributed by atoms with Gasteiger partial charge in [0.2, 0.25) is 5.91 Å². The lowest BCUT2D eigenvalue weighted by Crippen LogP contribution is -2.39. The average Bonchev–Trinajstić information content (AvgIpc) is 2.59. The fraction of sp³-hybridized carbons (Fsp3) is 0.455. The second kappa shape index (κ2) is 5.10. The van der Waals surface area contributed by atoms with Gasteiger partial charge in [-0.15, -0.1) is 0 Å². The van der Waals surface area contributed by atoms with Crippen LogP contribution in [0.2, 0.25) is 0 Å². The molecule has 0 aliphatic carbocycles. The number of amides is 1. The third-order valence-electron chi connectivity index (χ3n) is 2.83. The van der Waals surface area contributed by atoms with Crippen LogP contribution in [0.1, 0.15) is 12.0 Å². The van der Waals surface area contributed by atoms with E-state index in [1.165, 1.54) is 0 Å². The van der Waals surface area contributed by atoms with Gasteiger partial charge in [0, 0.05) is 36.4 Å². The molecule has 0 saturated carbocycles. The van der Waals surface area contributed by atoms with Crippen molar-refractivity contribution < 1.29 is 9.18 Å². The minimum atomic E-state index is -0.979. The summed E-state index contributed by atoms with van der Waals surface area (Å²) >= 11 is 3.32. The number of hydrogen-bond acceptors (Lipinski definition) is 3. The monoisotopic (exact) mass is 301 g/mol. The van der Waals surface area contributed by atoms with Crippen molar-refractivity contribution in [2.45, 2.75) is 25.2 Å². The molecule has 0 bridgehead atoms. The zero-order valence-corrected chi connectivity index (χ0v) is 10.7. The van der Waals surface area contributed by atoms with Crippen molar-refractivity contribution >= 4 is 21.8 Å². The fourth-order valence-corrected chi connectivity index (χ4v) is 2.51. The molecule has 92 valence electrons. The SMILES string of the molecule is NC(=O)[C@@H]1C[C@@H](F)CN1Cc1cncc(Br)c1. The van der Waals surface area contributed by atoms with Crippen LogP contribution >= 0.6 is 15.9 Å². The van der Waals surface area contributed by atoms with Crippen molar-refractivity contribution in [2.75, 3.05) is 6.54 Å². The van der Waals surface area contributed by atoms with Crippen LogP contribution in [0.15, 0.2) is 22.9 Å². The summed E-state index contributed by atoms with van der Waals surface area (Å²) in [4.78, 5) is 17.0. The number of carbonyl (C=O) groups is 1. The average molecular weight is 302 g/mol. The normalized spacial score (nSPS) is 25.1. The molecule has 2 atom stereocenters. The van der Waals surface area contributed by atoms with Gasteiger partial charge in [-0.2, -0.15) is 0 Å². The molecule has 1 saturated heterocycles. The predicted molar refractivity (Wildman–Crippen MR) is 64.8 cm³/mol. The maximum atomic E-state index is 13.3. The van der Waals surface area contributed by atoms with Crippen molar-refractivity contribution in [2.24, 2.45) is 5.73 Å². The molecule has 17 heavy (non-hydrogen) atoms. The molecule has 0 aromatic carbocycles. The second-order valence-electron chi connectivity index (χ2n) is 4.19. The van der Waals surface area contributed by atoms with Crippen molar-refractivity contribution in [3.8, 4) is 0 Å². The van der Waals surface area contributed by atoms with Gasteiger partial charge in [-0.1, -0.05) is 0 Å².